The van der Waals surface area contributed by atoms with Gasteiger partial charge in [0.05, 0.1) is 18.7 Å². The topological polar surface area (TPSA) is 66.6 Å². The minimum atomic E-state index is -0.0768. The Labute approximate surface area is 124 Å². The van der Waals surface area contributed by atoms with Crippen LogP contribution in [0.2, 0.25) is 0 Å². The highest BCUT2D eigenvalue weighted by Crippen LogP contribution is 2.31. The van der Waals surface area contributed by atoms with Crippen molar-refractivity contribution in [3.8, 4) is 5.75 Å². The number of hydrogen-bond donors (Lipinski definition) is 1. The molecule has 21 heavy (non-hydrogen) atoms. The van der Waals surface area contributed by atoms with Gasteiger partial charge in [0.15, 0.2) is 0 Å². The number of nitrogens with zero attached hydrogens (tertiary/aromatic N) is 1. The van der Waals surface area contributed by atoms with Crippen molar-refractivity contribution in [2.45, 2.75) is 24.7 Å². The van der Waals surface area contributed by atoms with Crippen LogP contribution in [0.4, 0.5) is 0 Å². The van der Waals surface area contributed by atoms with Crippen LogP contribution in [0.5, 0.6) is 5.75 Å². The Bertz CT molecular complexity index is 600. The second-order valence-corrected chi connectivity index (χ2v) is 5.21. The monoisotopic (exact) mass is 288 g/mol. The molecule has 5 heteroatoms. The van der Waals surface area contributed by atoms with Crippen LogP contribution in [-0.2, 0) is 9.47 Å². The Morgan fingerprint density at radius 1 is 1.24 bits per heavy atom. The molecular weight excluding hydrogens is 268 g/mol. The van der Waals surface area contributed by atoms with Crippen molar-refractivity contribution in [1.82, 2.24) is 4.98 Å². The van der Waals surface area contributed by atoms with Crippen molar-refractivity contribution in [3.05, 3.63) is 36.5 Å². The number of aromatic nitrogens is 1. The van der Waals surface area contributed by atoms with E-state index in [1.54, 1.807) is 13.3 Å². The predicted molar refractivity (Wildman–Crippen MR) is 80.4 cm³/mol. The fraction of sp³-hybridized carbons (Fsp3) is 0.438. The third kappa shape index (κ3) is 3.00. The maximum atomic E-state index is 6.09. The second-order valence-electron chi connectivity index (χ2n) is 5.21. The number of rotatable bonds is 6. The van der Waals surface area contributed by atoms with Gasteiger partial charge >= 0.3 is 0 Å². The lowest BCUT2D eigenvalue weighted by Gasteiger charge is -2.41. The Morgan fingerprint density at radius 2 is 2.14 bits per heavy atom. The van der Waals surface area contributed by atoms with Crippen molar-refractivity contribution < 1.29 is 14.2 Å². The number of methoxy groups -OCH3 is 1. The van der Waals surface area contributed by atoms with Gasteiger partial charge in [0.2, 0.25) is 0 Å². The molecule has 0 bridgehead atoms. The highest BCUT2D eigenvalue weighted by Gasteiger charge is 2.41. The fourth-order valence-electron chi connectivity index (χ4n) is 2.57. The van der Waals surface area contributed by atoms with E-state index in [4.69, 9.17) is 19.9 Å². The van der Waals surface area contributed by atoms with Crippen molar-refractivity contribution in [1.29, 1.82) is 0 Å². The average molecular weight is 288 g/mol. The molecule has 2 aromatic rings. The minimum absolute atomic E-state index is 0.0114. The molecule has 3 atom stereocenters. The molecule has 1 aromatic carbocycles. The molecule has 1 aliphatic carbocycles. The number of benzene rings is 1. The maximum Gasteiger partial charge on any atom is 0.129 e. The molecule has 1 fully saturated rings. The van der Waals surface area contributed by atoms with Crippen LogP contribution >= 0.6 is 0 Å². The van der Waals surface area contributed by atoms with Gasteiger partial charge < -0.3 is 19.9 Å². The van der Waals surface area contributed by atoms with Crippen LogP contribution in [-0.4, -0.2) is 43.6 Å². The summed E-state index contributed by atoms with van der Waals surface area (Å²) in [7, 11) is 1.65. The molecule has 1 heterocycles. The van der Waals surface area contributed by atoms with Crippen LogP contribution in [0.25, 0.3) is 10.9 Å². The molecule has 3 rings (SSSR count). The molecule has 0 saturated heterocycles. The van der Waals surface area contributed by atoms with Gasteiger partial charge in [-0.3, -0.25) is 4.98 Å². The van der Waals surface area contributed by atoms with E-state index in [-0.39, 0.29) is 18.2 Å². The van der Waals surface area contributed by atoms with Crippen LogP contribution < -0.4 is 10.5 Å². The average Bonchev–Trinajstić information content (AvgIpc) is 2.51. The molecule has 5 nitrogen and oxygen atoms in total. The summed E-state index contributed by atoms with van der Waals surface area (Å²) in [6.07, 6.45) is 2.49. The van der Waals surface area contributed by atoms with Crippen molar-refractivity contribution in [3.63, 3.8) is 0 Å². The van der Waals surface area contributed by atoms with E-state index in [2.05, 4.69) is 4.98 Å². The largest absolute Gasteiger partial charge is 0.487 e. The lowest BCUT2D eigenvalue weighted by Crippen LogP contribution is -2.59. The minimum Gasteiger partial charge on any atom is -0.487 e. The first-order valence-electron chi connectivity index (χ1n) is 7.16. The number of ether oxygens (including phenoxy) is 3. The number of pyridine rings is 1. The molecule has 2 N–H and O–H groups in total. The van der Waals surface area contributed by atoms with E-state index in [0.29, 0.717) is 13.2 Å². The lowest BCUT2D eigenvalue weighted by molar-refractivity contribution is -0.106. The normalized spacial score (nSPS) is 24.8. The van der Waals surface area contributed by atoms with Gasteiger partial charge in [-0.1, -0.05) is 6.07 Å². The Hall–Kier alpha value is -1.69. The van der Waals surface area contributed by atoms with Gasteiger partial charge in [-0.2, -0.15) is 0 Å². The van der Waals surface area contributed by atoms with E-state index in [1.165, 1.54) is 0 Å². The maximum absolute atomic E-state index is 6.09. The van der Waals surface area contributed by atoms with Gasteiger partial charge in [-0.05, 0) is 24.3 Å². The van der Waals surface area contributed by atoms with Crippen molar-refractivity contribution in [2.24, 2.45) is 5.73 Å². The summed E-state index contributed by atoms with van der Waals surface area (Å²) in [5, 5.41) is 1.01. The molecule has 3 unspecified atom stereocenters. The summed E-state index contributed by atoms with van der Waals surface area (Å²) < 4.78 is 16.8. The van der Waals surface area contributed by atoms with Crippen LogP contribution in [0.15, 0.2) is 36.5 Å². The summed E-state index contributed by atoms with van der Waals surface area (Å²) >= 11 is 0. The molecule has 0 spiro atoms. The van der Waals surface area contributed by atoms with E-state index < -0.39 is 0 Å². The molecule has 1 saturated carbocycles. The Balaban J connectivity index is 1.70. The second kappa shape index (κ2) is 6.39. The quantitative estimate of drug-likeness (QED) is 0.820. The first kappa shape index (κ1) is 14.3. The SMILES string of the molecule is COCCOC1C(N)CC1Oc1cccc2ncccc12. The van der Waals surface area contributed by atoms with Gasteiger partial charge in [-0.15, -0.1) is 0 Å². The van der Waals surface area contributed by atoms with Crippen LogP contribution in [0.1, 0.15) is 6.42 Å². The molecule has 112 valence electrons. The van der Waals surface area contributed by atoms with E-state index in [1.807, 2.05) is 30.3 Å². The number of hydrogen-bond acceptors (Lipinski definition) is 5. The zero-order valence-electron chi connectivity index (χ0n) is 12.1. The number of fused-ring (bicyclic) bond motifs is 1. The zero-order chi connectivity index (χ0) is 14.7. The van der Waals surface area contributed by atoms with E-state index >= 15 is 0 Å². The standard InChI is InChI=1S/C16H20N2O3/c1-19-8-9-20-16-12(17)10-15(16)21-14-6-2-5-13-11(14)4-3-7-18-13/h2-7,12,15-16H,8-10,17H2,1H3. The summed E-state index contributed by atoms with van der Waals surface area (Å²) in [5.41, 5.74) is 6.93. The summed E-state index contributed by atoms with van der Waals surface area (Å²) in [5.74, 6) is 0.831. The highest BCUT2D eigenvalue weighted by atomic mass is 16.6. The third-order valence-corrected chi connectivity index (χ3v) is 3.77. The lowest BCUT2D eigenvalue weighted by atomic mass is 9.86. The molecule has 0 amide bonds. The zero-order valence-corrected chi connectivity index (χ0v) is 12.1. The number of nitrogens with two attached hydrogens (primary N) is 1. The molecule has 1 aromatic heterocycles. The van der Waals surface area contributed by atoms with Gasteiger partial charge in [0.25, 0.3) is 0 Å². The summed E-state index contributed by atoms with van der Waals surface area (Å²) in [6.45, 7) is 1.10. The first-order valence-corrected chi connectivity index (χ1v) is 7.16. The van der Waals surface area contributed by atoms with Gasteiger partial charge in [-0.25, -0.2) is 0 Å². The molecule has 0 radical (unpaired) electrons. The van der Waals surface area contributed by atoms with Gasteiger partial charge in [0.1, 0.15) is 18.0 Å². The smallest absolute Gasteiger partial charge is 0.129 e. The molecule has 1 aliphatic rings. The van der Waals surface area contributed by atoms with Crippen molar-refractivity contribution in [2.75, 3.05) is 20.3 Å². The first-order chi connectivity index (χ1) is 10.3. The summed E-state index contributed by atoms with van der Waals surface area (Å²) in [6, 6.07) is 9.83. The highest BCUT2D eigenvalue weighted by molar-refractivity contribution is 5.84. The van der Waals surface area contributed by atoms with Gasteiger partial charge in [0, 0.05) is 31.2 Å². The van der Waals surface area contributed by atoms with Crippen LogP contribution in [0, 0.1) is 0 Å². The van der Waals surface area contributed by atoms with Crippen LogP contribution in [0.3, 0.4) is 0 Å². The summed E-state index contributed by atoms with van der Waals surface area (Å²) in [4.78, 5) is 4.34. The molecular formula is C16H20N2O3. The van der Waals surface area contributed by atoms with Crippen molar-refractivity contribution >= 4 is 10.9 Å². The van der Waals surface area contributed by atoms with E-state index in [9.17, 15) is 0 Å². The van der Waals surface area contributed by atoms with E-state index in [0.717, 1.165) is 23.1 Å². The fourth-order valence-corrected chi connectivity index (χ4v) is 2.57. The predicted octanol–water partition coefficient (Wildman–Crippen LogP) is 1.74. The Morgan fingerprint density at radius 3 is 2.95 bits per heavy atom. The molecule has 0 aliphatic heterocycles. The third-order valence-electron chi connectivity index (χ3n) is 3.77. The Kier molecular flexibility index (Phi) is 4.34.